The number of carbonyl (C=O) groups excluding carboxylic acids is 2. The number of hydrogen-bond acceptors (Lipinski definition) is 6. The van der Waals surface area contributed by atoms with E-state index in [1.807, 2.05) is 0 Å². The van der Waals surface area contributed by atoms with Gasteiger partial charge in [0.05, 0.1) is 16.2 Å². The van der Waals surface area contributed by atoms with Crippen molar-refractivity contribution in [1.29, 1.82) is 0 Å². The van der Waals surface area contributed by atoms with E-state index in [9.17, 15) is 14.4 Å². The molecule has 9 heteroatoms. The number of nitrogens with one attached hydrogen (secondary N) is 2. The number of amides is 3. The van der Waals surface area contributed by atoms with Gasteiger partial charge in [0.25, 0.3) is 5.56 Å². The number of carbonyl (C=O) groups is 2. The lowest BCUT2D eigenvalue weighted by Gasteiger charge is -2.15. The third kappa shape index (κ3) is 4.58. The topological polar surface area (TPSA) is 113 Å². The second-order valence-electron chi connectivity index (χ2n) is 5.27. The molecule has 0 spiro atoms. The van der Waals surface area contributed by atoms with Gasteiger partial charge in [0, 0.05) is 20.2 Å². The Bertz CT molecular complexity index is 836. The smallest absolute Gasteiger partial charge is 0.321 e. The average Bonchev–Trinajstić information content (AvgIpc) is 2.61. The summed E-state index contributed by atoms with van der Waals surface area (Å²) in [6.45, 7) is 1.86. The fourth-order valence-corrected chi connectivity index (χ4v) is 3.09. The molecular formula is C16H20N4O4S. The number of imide groups is 1. The second kappa shape index (κ2) is 8.63. The van der Waals surface area contributed by atoms with Crippen LogP contribution in [0.4, 0.5) is 4.79 Å². The van der Waals surface area contributed by atoms with Crippen LogP contribution in [-0.4, -0.2) is 45.5 Å². The van der Waals surface area contributed by atoms with Gasteiger partial charge in [-0.1, -0.05) is 23.9 Å². The molecule has 0 unspecified atom stereocenters. The summed E-state index contributed by atoms with van der Waals surface area (Å²) in [4.78, 5) is 40.5. The van der Waals surface area contributed by atoms with Crippen molar-refractivity contribution in [2.24, 2.45) is 0 Å². The Morgan fingerprint density at radius 3 is 2.76 bits per heavy atom. The predicted octanol–water partition coefficient (Wildman–Crippen LogP) is 0.715. The summed E-state index contributed by atoms with van der Waals surface area (Å²) in [7, 11) is 1.41. The van der Waals surface area contributed by atoms with Gasteiger partial charge in [-0.3, -0.25) is 19.5 Å². The molecule has 1 aromatic carbocycles. The van der Waals surface area contributed by atoms with Crippen molar-refractivity contribution in [3.05, 3.63) is 34.6 Å². The van der Waals surface area contributed by atoms with E-state index in [0.717, 1.165) is 11.8 Å². The minimum atomic E-state index is -0.634. The minimum absolute atomic E-state index is 0.0594. The molecule has 0 fully saturated rings. The number of benzene rings is 1. The minimum Gasteiger partial charge on any atom is -0.396 e. The van der Waals surface area contributed by atoms with Crippen LogP contribution in [0.2, 0.25) is 0 Å². The first-order chi connectivity index (χ1) is 12.0. The van der Waals surface area contributed by atoms with Gasteiger partial charge in [-0.15, -0.1) is 0 Å². The number of aliphatic hydroxyl groups excluding tert-OH is 1. The summed E-state index contributed by atoms with van der Waals surface area (Å²) in [5.74, 6) is -0.486. The van der Waals surface area contributed by atoms with Crippen molar-refractivity contribution in [3.63, 3.8) is 0 Å². The molecule has 0 aliphatic heterocycles. The van der Waals surface area contributed by atoms with E-state index < -0.39 is 17.2 Å². The molecule has 1 heterocycles. The number of urea groups is 1. The summed E-state index contributed by atoms with van der Waals surface area (Å²) in [5.41, 5.74) is 0.314. The quantitative estimate of drug-likeness (QED) is 0.514. The zero-order valence-electron chi connectivity index (χ0n) is 14.0. The highest BCUT2D eigenvalue weighted by atomic mass is 32.2. The normalized spacial score (nSPS) is 12.0. The molecule has 134 valence electrons. The molecule has 0 saturated heterocycles. The maximum absolute atomic E-state index is 12.7. The molecule has 2 rings (SSSR count). The monoisotopic (exact) mass is 364 g/mol. The molecule has 25 heavy (non-hydrogen) atoms. The molecule has 1 aromatic heterocycles. The lowest BCUT2D eigenvalue weighted by atomic mass is 10.2. The van der Waals surface area contributed by atoms with E-state index in [4.69, 9.17) is 5.11 Å². The van der Waals surface area contributed by atoms with Crippen LogP contribution in [0.5, 0.6) is 0 Å². The molecule has 1 atom stereocenters. The molecule has 0 radical (unpaired) electrons. The molecule has 2 aromatic rings. The SMILES string of the molecule is CNC(=O)NC(=O)[C@H](C)Sc1nc2ccccc2c(=O)n1CCCO. The van der Waals surface area contributed by atoms with Gasteiger partial charge in [0.2, 0.25) is 5.91 Å². The molecule has 0 aliphatic carbocycles. The summed E-state index contributed by atoms with van der Waals surface area (Å²) >= 11 is 1.09. The summed E-state index contributed by atoms with van der Waals surface area (Å²) in [6.07, 6.45) is 0.395. The van der Waals surface area contributed by atoms with Gasteiger partial charge in [-0.05, 0) is 25.5 Å². The number of fused-ring (bicyclic) bond motifs is 1. The second-order valence-corrected chi connectivity index (χ2v) is 6.58. The van der Waals surface area contributed by atoms with Crippen LogP contribution in [0, 0.1) is 0 Å². The number of para-hydroxylation sites is 1. The lowest BCUT2D eigenvalue weighted by Crippen LogP contribution is -2.41. The molecule has 8 nitrogen and oxygen atoms in total. The maximum Gasteiger partial charge on any atom is 0.321 e. The standard InChI is InChI=1S/C16H20N4O4S/c1-10(13(22)19-15(24)17-2)25-16-18-12-7-4-3-6-11(12)14(23)20(16)8-5-9-21/h3-4,6-7,10,21H,5,8-9H2,1-2H3,(H2,17,19,22,24)/t10-/m0/s1. The number of rotatable bonds is 6. The Kier molecular flexibility index (Phi) is 6.54. The van der Waals surface area contributed by atoms with Crippen LogP contribution in [-0.2, 0) is 11.3 Å². The van der Waals surface area contributed by atoms with Gasteiger partial charge in [0.15, 0.2) is 5.16 Å². The zero-order chi connectivity index (χ0) is 18.4. The van der Waals surface area contributed by atoms with E-state index in [2.05, 4.69) is 15.6 Å². The van der Waals surface area contributed by atoms with Crippen LogP contribution in [0.25, 0.3) is 10.9 Å². The highest BCUT2D eigenvalue weighted by Crippen LogP contribution is 2.22. The van der Waals surface area contributed by atoms with Crippen molar-refractivity contribution in [2.75, 3.05) is 13.7 Å². The Labute approximate surface area is 148 Å². The summed E-state index contributed by atoms with van der Waals surface area (Å²) in [5, 5.41) is 13.8. The van der Waals surface area contributed by atoms with E-state index in [-0.39, 0.29) is 12.2 Å². The zero-order valence-corrected chi connectivity index (χ0v) is 14.8. The Morgan fingerprint density at radius 2 is 2.08 bits per heavy atom. The van der Waals surface area contributed by atoms with Gasteiger partial charge in [-0.2, -0.15) is 0 Å². The van der Waals surface area contributed by atoms with E-state index in [0.29, 0.717) is 29.0 Å². The Hall–Kier alpha value is -2.39. The fourth-order valence-electron chi connectivity index (χ4n) is 2.15. The van der Waals surface area contributed by atoms with E-state index >= 15 is 0 Å². The number of aliphatic hydroxyl groups is 1. The fraction of sp³-hybridized carbons (Fsp3) is 0.375. The third-order valence-electron chi connectivity index (χ3n) is 3.48. The number of thioether (sulfide) groups is 1. The molecule has 0 aliphatic rings. The van der Waals surface area contributed by atoms with Gasteiger partial charge in [0.1, 0.15) is 0 Å². The first-order valence-corrected chi connectivity index (χ1v) is 8.65. The van der Waals surface area contributed by atoms with Gasteiger partial charge >= 0.3 is 6.03 Å². The van der Waals surface area contributed by atoms with Crippen LogP contribution < -0.4 is 16.2 Å². The van der Waals surface area contributed by atoms with Crippen molar-refractivity contribution in [1.82, 2.24) is 20.2 Å². The highest BCUT2D eigenvalue weighted by molar-refractivity contribution is 8.00. The van der Waals surface area contributed by atoms with Crippen LogP contribution >= 0.6 is 11.8 Å². The van der Waals surface area contributed by atoms with Crippen molar-refractivity contribution in [3.8, 4) is 0 Å². The molecule has 3 amide bonds. The van der Waals surface area contributed by atoms with Crippen LogP contribution in [0.15, 0.2) is 34.2 Å². The summed E-state index contributed by atoms with van der Waals surface area (Å²) < 4.78 is 1.45. The van der Waals surface area contributed by atoms with Gasteiger partial charge < -0.3 is 10.4 Å². The highest BCUT2D eigenvalue weighted by Gasteiger charge is 2.20. The van der Waals surface area contributed by atoms with Crippen molar-refractivity contribution < 1.29 is 14.7 Å². The average molecular weight is 364 g/mol. The molecule has 3 N–H and O–H groups in total. The number of hydrogen-bond donors (Lipinski definition) is 3. The van der Waals surface area contributed by atoms with Crippen molar-refractivity contribution in [2.45, 2.75) is 30.3 Å². The third-order valence-corrected chi connectivity index (χ3v) is 4.57. The van der Waals surface area contributed by atoms with E-state index in [1.54, 1.807) is 31.2 Å². The first kappa shape index (κ1) is 18.9. The molecule has 0 saturated carbocycles. The van der Waals surface area contributed by atoms with Crippen molar-refractivity contribution >= 4 is 34.6 Å². The molecular weight excluding hydrogens is 344 g/mol. The van der Waals surface area contributed by atoms with Crippen LogP contribution in [0.3, 0.4) is 0 Å². The van der Waals surface area contributed by atoms with E-state index in [1.165, 1.54) is 11.6 Å². The largest absolute Gasteiger partial charge is 0.396 e. The lowest BCUT2D eigenvalue weighted by molar-refractivity contribution is -0.119. The maximum atomic E-state index is 12.7. The number of aromatic nitrogens is 2. The molecule has 0 bridgehead atoms. The van der Waals surface area contributed by atoms with Gasteiger partial charge in [-0.25, -0.2) is 9.78 Å². The predicted molar refractivity (Wildman–Crippen MR) is 95.6 cm³/mol. The van der Waals surface area contributed by atoms with Crippen LogP contribution in [0.1, 0.15) is 13.3 Å². The Morgan fingerprint density at radius 1 is 1.36 bits per heavy atom. The number of nitrogens with zero attached hydrogens (tertiary/aromatic N) is 2. The Balaban J connectivity index is 2.36. The summed E-state index contributed by atoms with van der Waals surface area (Å²) in [6, 6.07) is 6.36. The first-order valence-electron chi connectivity index (χ1n) is 7.77.